The standard InChI is InChI=1S/C29H26F6N2O3/c1-16-12-19(13-17(2)18(16)3)27(29(33,34)35)14-24(37-40-27)22-8-9-23(21-7-5-4-6-20(21)22)25(38)10-11-26(39)36-15-28(30,31)32/h4-9,12-13H,10-11,14-15H2,1-3H3,(H,36,39). The highest BCUT2D eigenvalue weighted by atomic mass is 19.4. The van der Waals surface area contributed by atoms with Crippen LogP contribution >= 0.6 is 0 Å². The topological polar surface area (TPSA) is 67.8 Å². The summed E-state index contributed by atoms with van der Waals surface area (Å²) >= 11 is 0. The number of fused-ring (bicyclic) bond motifs is 1. The first-order valence-corrected chi connectivity index (χ1v) is 12.4. The predicted octanol–water partition coefficient (Wildman–Crippen LogP) is 6.99. The van der Waals surface area contributed by atoms with E-state index in [1.54, 1.807) is 43.4 Å². The van der Waals surface area contributed by atoms with E-state index in [2.05, 4.69) is 5.16 Å². The summed E-state index contributed by atoms with van der Waals surface area (Å²) in [6.45, 7) is 3.80. The predicted molar refractivity (Wildman–Crippen MR) is 137 cm³/mol. The number of carbonyl (C=O) groups excluding carboxylic acids is 2. The van der Waals surface area contributed by atoms with Crippen molar-refractivity contribution < 1.29 is 40.8 Å². The van der Waals surface area contributed by atoms with Crippen molar-refractivity contribution >= 4 is 28.2 Å². The fraction of sp³-hybridized carbons (Fsp3) is 0.345. The van der Waals surface area contributed by atoms with Crippen molar-refractivity contribution in [3.8, 4) is 0 Å². The number of oxime groups is 1. The smallest absolute Gasteiger partial charge is 0.374 e. The molecule has 0 aliphatic carbocycles. The molecular formula is C29H26F6N2O3. The number of rotatable bonds is 7. The summed E-state index contributed by atoms with van der Waals surface area (Å²) in [4.78, 5) is 29.9. The molecule has 4 rings (SSSR count). The lowest BCUT2D eigenvalue weighted by atomic mass is 9.83. The molecule has 11 heteroatoms. The van der Waals surface area contributed by atoms with E-state index in [1.807, 2.05) is 6.92 Å². The van der Waals surface area contributed by atoms with E-state index in [1.165, 1.54) is 24.3 Å². The monoisotopic (exact) mass is 564 g/mol. The number of hydrogen-bond donors (Lipinski definition) is 1. The van der Waals surface area contributed by atoms with Crippen molar-refractivity contribution in [3.05, 3.63) is 81.9 Å². The molecule has 1 heterocycles. The maximum absolute atomic E-state index is 14.6. The number of ketones is 1. The van der Waals surface area contributed by atoms with Crippen LogP contribution in [0, 0.1) is 20.8 Å². The Bertz CT molecular complexity index is 1490. The first-order chi connectivity index (χ1) is 18.6. The molecule has 1 unspecified atom stereocenters. The summed E-state index contributed by atoms with van der Waals surface area (Å²) in [6, 6.07) is 12.3. The molecule has 40 heavy (non-hydrogen) atoms. The molecule has 0 saturated carbocycles. The average molecular weight is 565 g/mol. The number of carbonyl (C=O) groups is 2. The molecule has 212 valence electrons. The Hall–Kier alpha value is -3.89. The maximum atomic E-state index is 14.6. The number of halogens is 6. The van der Waals surface area contributed by atoms with Gasteiger partial charge in [0.05, 0.1) is 5.71 Å². The minimum atomic E-state index is -4.79. The van der Waals surface area contributed by atoms with Gasteiger partial charge in [0.2, 0.25) is 5.91 Å². The van der Waals surface area contributed by atoms with Gasteiger partial charge in [0.1, 0.15) is 6.54 Å². The minimum Gasteiger partial charge on any atom is -0.374 e. The number of alkyl halides is 6. The van der Waals surface area contributed by atoms with E-state index in [4.69, 9.17) is 4.84 Å². The zero-order chi connectivity index (χ0) is 29.5. The quantitative estimate of drug-likeness (QED) is 0.249. The molecule has 0 saturated heterocycles. The van der Waals surface area contributed by atoms with Crippen LogP contribution in [0.3, 0.4) is 0 Å². The van der Waals surface area contributed by atoms with E-state index in [9.17, 15) is 35.9 Å². The third-order valence-electron chi connectivity index (χ3n) is 7.18. The second-order valence-corrected chi connectivity index (χ2v) is 9.89. The highest BCUT2D eigenvalue weighted by Crippen LogP contribution is 2.49. The summed E-state index contributed by atoms with van der Waals surface area (Å²) < 4.78 is 80.7. The number of nitrogens with one attached hydrogen (secondary N) is 1. The maximum Gasteiger partial charge on any atom is 0.435 e. The van der Waals surface area contributed by atoms with Crippen molar-refractivity contribution in [1.29, 1.82) is 0 Å². The lowest BCUT2D eigenvalue weighted by Gasteiger charge is -2.30. The summed E-state index contributed by atoms with van der Waals surface area (Å²) in [5.41, 5.74) is 0.104. The van der Waals surface area contributed by atoms with Crippen LogP contribution in [0.4, 0.5) is 26.3 Å². The van der Waals surface area contributed by atoms with Gasteiger partial charge < -0.3 is 10.2 Å². The summed E-state index contributed by atoms with van der Waals surface area (Å²) in [7, 11) is 0. The Morgan fingerprint density at radius 2 is 1.55 bits per heavy atom. The van der Waals surface area contributed by atoms with Gasteiger partial charge in [-0.25, -0.2) is 0 Å². The van der Waals surface area contributed by atoms with Crippen LogP contribution in [0.2, 0.25) is 0 Å². The van der Waals surface area contributed by atoms with Gasteiger partial charge in [-0.2, -0.15) is 26.3 Å². The molecule has 0 aromatic heterocycles. The first kappa shape index (κ1) is 29.1. The summed E-state index contributed by atoms with van der Waals surface area (Å²) in [5, 5.41) is 6.46. The third kappa shape index (κ3) is 5.68. The lowest BCUT2D eigenvalue weighted by Crippen LogP contribution is -2.42. The Morgan fingerprint density at radius 1 is 0.925 bits per heavy atom. The average Bonchev–Trinajstić information content (AvgIpc) is 3.35. The number of aryl methyl sites for hydroxylation is 2. The van der Waals surface area contributed by atoms with E-state index in [-0.39, 0.29) is 23.3 Å². The number of hydrogen-bond acceptors (Lipinski definition) is 4. The van der Waals surface area contributed by atoms with E-state index < -0.39 is 49.0 Å². The Labute approximate surface area is 226 Å². The molecule has 1 N–H and O–H groups in total. The molecule has 1 aliphatic rings. The van der Waals surface area contributed by atoms with E-state index in [0.29, 0.717) is 27.5 Å². The van der Waals surface area contributed by atoms with Crippen LogP contribution in [-0.4, -0.2) is 36.3 Å². The molecule has 5 nitrogen and oxygen atoms in total. The largest absolute Gasteiger partial charge is 0.435 e. The first-order valence-electron chi connectivity index (χ1n) is 12.4. The van der Waals surface area contributed by atoms with E-state index in [0.717, 1.165) is 5.56 Å². The molecule has 0 radical (unpaired) electrons. The van der Waals surface area contributed by atoms with Crippen molar-refractivity contribution in [2.75, 3.05) is 6.54 Å². The fourth-order valence-corrected chi connectivity index (χ4v) is 4.76. The van der Waals surface area contributed by atoms with Crippen molar-refractivity contribution in [2.45, 2.75) is 58.0 Å². The molecule has 0 bridgehead atoms. The van der Waals surface area contributed by atoms with Gasteiger partial charge in [-0.05, 0) is 48.2 Å². The SMILES string of the molecule is Cc1cc(C2(C(F)(F)F)CC(c3ccc(C(=O)CCC(=O)NCC(F)(F)F)c4ccccc34)=NO2)cc(C)c1C. The van der Waals surface area contributed by atoms with Gasteiger partial charge in [0.15, 0.2) is 5.78 Å². The highest BCUT2D eigenvalue weighted by Gasteiger charge is 2.62. The Morgan fingerprint density at radius 3 is 2.15 bits per heavy atom. The molecule has 3 aromatic rings. The lowest BCUT2D eigenvalue weighted by molar-refractivity contribution is -0.275. The van der Waals surface area contributed by atoms with Crippen molar-refractivity contribution in [2.24, 2.45) is 5.16 Å². The molecule has 0 spiro atoms. The molecule has 1 amide bonds. The minimum absolute atomic E-state index is 0.0509. The van der Waals surface area contributed by atoms with Crippen LogP contribution in [0.1, 0.15) is 57.4 Å². The van der Waals surface area contributed by atoms with Crippen molar-refractivity contribution in [1.82, 2.24) is 5.32 Å². The fourth-order valence-electron chi connectivity index (χ4n) is 4.76. The van der Waals surface area contributed by atoms with E-state index >= 15 is 0 Å². The zero-order valence-electron chi connectivity index (χ0n) is 21.9. The number of amides is 1. The van der Waals surface area contributed by atoms with Crippen LogP contribution in [0.25, 0.3) is 10.8 Å². The molecule has 1 aliphatic heterocycles. The highest BCUT2D eigenvalue weighted by molar-refractivity contribution is 6.17. The van der Waals surface area contributed by atoms with Crippen molar-refractivity contribution in [3.63, 3.8) is 0 Å². The van der Waals surface area contributed by atoms with Gasteiger partial charge in [0.25, 0.3) is 5.60 Å². The van der Waals surface area contributed by atoms with Gasteiger partial charge in [-0.1, -0.05) is 53.7 Å². The normalized spacial score (nSPS) is 17.5. The molecular weight excluding hydrogens is 538 g/mol. The Balaban J connectivity index is 1.63. The second-order valence-electron chi connectivity index (χ2n) is 9.89. The van der Waals surface area contributed by atoms with Crippen LogP contribution in [-0.2, 0) is 15.2 Å². The Kier molecular flexibility index (Phi) is 7.70. The third-order valence-corrected chi connectivity index (χ3v) is 7.18. The summed E-state index contributed by atoms with van der Waals surface area (Å²) in [6.07, 6.45) is -10.7. The van der Waals surface area contributed by atoms with Gasteiger partial charge in [-0.3, -0.25) is 9.59 Å². The van der Waals surface area contributed by atoms with Crippen LogP contribution in [0.15, 0.2) is 53.7 Å². The molecule has 3 aromatic carbocycles. The van der Waals surface area contributed by atoms with Gasteiger partial charge in [-0.15, -0.1) is 0 Å². The second kappa shape index (κ2) is 10.6. The van der Waals surface area contributed by atoms with Gasteiger partial charge >= 0.3 is 12.4 Å². The van der Waals surface area contributed by atoms with Crippen LogP contribution in [0.5, 0.6) is 0 Å². The van der Waals surface area contributed by atoms with Crippen LogP contribution < -0.4 is 5.32 Å². The summed E-state index contributed by atoms with van der Waals surface area (Å²) in [5.74, 6) is -1.42. The molecule has 0 fully saturated rings. The molecule has 1 atom stereocenters. The zero-order valence-corrected chi connectivity index (χ0v) is 21.9. The number of benzene rings is 3. The van der Waals surface area contributed by atoms with Gasteiger partial charge in [0, 0.05) is 36.0 Å². The number of Topliss-reactive ketones (excluding diaryl/α,β-unsaturated/α-hetero) is 1. The number of nitrogens with zero attached hydrogens (tertiary/aromatic N) is 1.